The van der Waals surface area contributed by atoms with Gasteiger partial charge >= 0.3 is 0 Å². The lowest BCUT2D eigenvalue weighted by atomic mass is 10.1. The lowest BCUT2D eigenvalue weighted by Crippen LogP contribution is -2.04. The quantitative estimate of drug-likeness (QED) is 0.560. The van der Waals surface area contributed by atoms with Crippen molar-refractivity contribution in [2.75, 3.05) is 12.8 Å². The van der Waals surface area contributed by atoms with Crippen LogP contribution in [0.25, 0.3) is 34.0 Å². The average molecular weight is 363 g/mol. The van der Waals surface area contributed by atoms with E-state index in [0.717, 1.165) is 23.2 Å². The highest BCUT2D eigenvalue weighted by molar-refractivity contribution is 7.08. The summed E-state index contributed by atoms with van der Waals surface area (Å²) < 4.78 is 5.85. The number of benzene rings is 1. The molecule has 7 heteroatoms. The van der Waals surface area contributed by atoms with Gasteiger partial charge in [-0.3, -0.25) is 0 Å². The highest BCUT2D eigenvalue weighted by Crippen LogP contribution is 2.31. The molecule has 0 unspecified atom stereocenters. The Hall–Kier alpha value is -3.03. The van der Waals surface area contributed by atoms with Crippen LogP contribution in [0.1, 0.15) is 5.56 Å². The lowest BCUT2D eigenvalue weighted by Gasteiger charge is -2.03. The first-order valence-corrected chi connectivity index (χ1v) is 9.05. The molecular formula is C19H17N5OS. The molecular weight excluding hydrogens is 346 g/mol. The van der Waals surface area contributed by atoms with Gasteiger partial charge in [0.2, 0.25) is 5.89 Å². The summed E-state index contributed by atoms with van der Waals surface area (Å²) in [5.41, 5.74) is 10.8. The Balaban J connectivity index is 1.66. The topological polar surface area (TPSA) is 89.9 Å². The largest absolute Gasteiger partial charge is 0.416 e. The summed E-state index contributed by atoms with van der Waals surface area (Å²) in [6.45, 7) is 0.812. The van der Waals surface area contributed by atoms with Crippen LogP contribution in [0.4, 0.5) is 5.82 Å². The molecule has 3 heterocycles. The average Bonchev–Trinajstić information content (AvgIpc) is 3.35. The van der Waals surface area contributed by atoms with Gasteiger partial charge in [0.05, 0.1) is 5.56 Å². The van der Waals surface area contributed by atoms with Crippen molar-refractivity contribution in [2.45, 2.75) is 6.54 Å². The van der Waals surface area contributed by atoms with E-state index < -0.39 is 0 Å². The summed E-state index contributed by atoms with van der Waals surface area (Å²) in [4.78, 5) is 4.27. The normalized spacial score (nSPS) is 11.0. The second kappa shape index (κ2) is 7.07. The number of nitrogens with two attached hydrogens (primary N) is 1. The fourth-order valence-corrected chi connectivity index (χ4v) is 3.32. The number of nitrogen functional groups attached to an aromatic ring is 1. The van der Waals surface area contributed by atoms with Crippen molar-refractivity contribution in [1.29, 1.82) is 0 Å². The number of rotatable bonds is 5. The minimum atomic E-state index is 0.362. The number of nitrogens with one attached hydrogen (secondary N) is 1. The minimum Gasteiger partial charge on any atom is -0.416 e. The molecule has 0 saturated carbocycles. The van der Waals surface area contributed by atoms with Crippen LogP contribution in [0, 0.1) is 0 Å². The van der Waals surface area contributed by atoms with Gasteiger partial charge in [0.15, 0.2) is 0 Å². The van der Waals surface area contributed by atoms with Gasteiger partial charge in [-0.05, 0) is 53.2 Å². The maximum atomic E-state index is 6.03. The molecule has 130 valence electrons. The van der Waals surface area contributed by atoms with Crippen molar-refractivity contribution in [3.05, 3.63) is 58.9 Å². The molecule has 1 aromatic carbocycles. The van der Waals surface area contributed by atoms with E-state index in [4.69, 9.17) is 10.2 Å². The second-order valence-corrected chi connectivity index (χ2v) is 6.59. The summed E-state index contributed by atoms with van der Waals surface area (Å²) in [5, 5.41) is 15.5. The molecule has 0 radical (unpaired) electrons. The molecule has 3 N–H and O–H groups in total. The van der Waals surface area contributed by atoms with E-state index in [1.807, 2.05) is 48.8 Å². The molecule has 0 aliphatic rings. The van der Waals surface area contributed by atoms with Gasteiger partial charge < -0.3 is 15.5 Å². The van der Waals surface area contributed by atoms with E-state index in [0.29, 0.717) is 23.2 Å². The SMILES string of the molecule is CNCc1ccc(-c2nnc(-c3cc(-c4ccsc4)cnc3N)o2)cc1. The van der Waals surface area contributed by atoms with E-state index >= 15 is 0 Å². The van der Waals surface area contributed by atoms with Crippen molar-refractivity contribution in [1.82, 2.24) is 20.5 Å². The van der Waals surface area contributed by atoms with Crippen LogP contribution in [0.2, 0.25) is 0 Å². The second-order valence-electron chi connectivity index (χ2n) is 5.81. The smallest absolute Gasteiger partial charge is 0.251 e. The summed E-state index contributed by atoms with van der Waals surface area (Å²) in [5.74, 6) is 1.18. The van der Waals surface area contributed by atoms with E-state index in [9.17, 15) is 0 Å². The zero-order chi connectivity index (χ0) is 17.9. The minimum absolute atomic E-state index is 0.362. The Morgan fingerprint density at radius 2 is 1.85 bits per heavy atom. The predicted molar refractivity (Wildman–Crippen MR) is 103 cm³/mol. The molecule has 6 nitrogen and oxygen atoms in total. The molecule has 3 aromatic heterocycles. The monoisotopic (exact) mass is 363 g/mol. The first-order chi connectivity index (χ1) is 12.7. The lowest BCUT2D eigenvalue weighted by molar-refractivity contribution is 0.584. The molecule has 4 aromatic rings. The van der Waals surface area contributed by atoms with Crippen molar-refractivity contribution < 1.29 is 4.42 Å². The predicted octanol–water partition coefficient (Wildman–Crippen LogP) is 3.83. The standard InChI is InChI=1S/C19H17N5OS/c1-21-9-12-2-4-13(5-3-12)18-23-24-19(25-18)16-8-15(10-22-17(16)20)14-6-7-26-11-14/h2-8,10-11,21H,9H2,1H3,(H2,20,22). The van der Waals surface area contributed by atoms with Crippen molar-refractivity contribution in [3.8, 4) is 34.0 Å². The first kappa shape index (κ1) is 16.4. The summed E-state index contributed by atoms with van der Waals surface area (Å²) in [6.07, 6.45) is 1.75. The van der Waals surface area contributed by atoms with Gasteiger partial charge in [-0.15, -0.1) is 10.2 Å². The van der Waals surface area contributed by atoms with Crippen LogP contribution in [0.5, 0.6) is 0 Å². The van der Waals surface area contributed by atoms with Gasteiger partial charge in [-0.2, -0.15) is 11.3 Å². The van der Waals surface area contributed by atoms with Crippen LogP contribution < -0.4 is 11.1 Å². The maximum Gasteiger partial charge on any atom is 0.251 e. The van der Waals surface area contributed by atoms with Gasteiger partial charge in [0, 0.05) is 23.9 Å². The summed E-state index contributed by atoms with van der Waals surface area (Å²) in [6, 6.07) is 12.0. The Morgan fingerprint density at radius 1 is 1.04 bits per heavy atom. The zero-order valence-electron chi connectivity index (χ0n) is 14.1. The fraction of sp³-hybridized carbons (Fsp3) is 0.105. The molecule has 0 bridgehead atoms. The van der Waals surface area contributed by atoms with E-state index in [-0.39, 0.29) is 0 Å². The first-order valence-electron chi connectivity index (χ1n) is 8.10. The Kier molecular flexibility index (Phi) is 4.47. The molecule has 26 heavy (non-hydrogen) atoms. The highest BCUT2D eigenvalue weighted by Gasteiger charge is 2.15. The van der Waals surface area contributed by atoms with Crippen LogP contribution >= 0.6 is 11.3 Å². The van der Waals surface area contributed by atoms with Crippen LogP contribution in [0.3, 0.4) is 0 Å². The van der Waals surface area contributed by atoms with Crippen molar-refractivity contribution >= 4 is 17.2 Å². The fourth-order valence-electron chi connectivity index (χ4n) is 2.65. The van der Waals surface area contributed by atoms with Gasteiger partial charge in [0.25, 0.3) is 5.89 Å². The van der Waals surface area contributed by atoms with Gasteiger partial charge in [-0.25, -0.2) is 4.98 Å². The van der Waals surface area contributed by atoms with E-state index in [1.54, 1.807) is 17.5 Å². The Morgan fingerprint density at radius 3 is 2.58 bits per heavy atom. The molecule has 0 aliphatic heterocycles. The zero-order valence-corrected chi connectivity index (χ0v) is 15.0. The molecule has 0 saturated heterocycles. The molecule has 4 rings (SSSR count). The Labute approximate surface area is 154 Å². The summed E-state index contributed by atoms with van der Waals surface area (Å²) >= 11 is 1.63. The Bertz CT molecular complexity index is 1010. The number of anilines is 1. The van der Waals surface area contributed by atoms with E-state index in [1.165, 1.54) is 5.56 Å². The maximum absolute atomic E-state index is 6.03. The van der Waals surface area contributed by atoms with E-state index in [2.05, 4.69) is 25.9 Å². The molecule has 0 spiro atoms. The number of aromatic nitrogens is 3. The third-order valence-electron chi connectivity index (χ3n) is 4.01. The number of hydrogen-bond donors (Lipinski definition) is 2. The van der Waals surface area contributed by atoms with Gasteiger partial charge in [-0.1, -0.05) is 12.1 Å². The molecule has 0 aliphatic carbocycles. The number of hydrogen-bond acceptors (Lipinski definition) is 7. The molecule has 0 atom stereocenters. The third kappa shape index (κ3) is 3.22. The number of thiophene rings is 1. The third-order valence-corrected chi connectivity index (χ3v) is 4.69. The highest BCUT2D eigenvalue weighted by atomic mass is 32.1. The number of nitrogens with zero attached hydrogens (tertiary/aromatic N) is 3. The van der Waals surface area contributed by atoms with Crippen molar-refractivity contribution in [3.63, 3.8) is 0 Å². The summed E-state index contributed by atoms with van der Waals surface area (Å²) in [7, 11) is 1.92. The van der Waals surface area contributed by atoms with Crippen LogP contribution in [-0.4, -0.2) is 22.2 Å². The molecule has 0 amide bonds. The van der Waals surface area contributed by atoms with Crippen LogP contribution in [0.15, 0.2) is 57.8 Å². The molecule has 0 fully saturated rings. The van der Waals surface area contributed by atoms with Gasteiger partial charge in [0.1, 0.15) is 5.82 Å². The number of pyridine rings is 1. The van der Waals surface area contributed by atoms with Crippen LogP contribution in [-0.2, 0) is 6.54 Å². The van der Waals surface area contributed by atoms with Crippen molar-refractivity contribution in [2.24, 2.45) is 0 Å².